The predicted molar refractivity (Wildman–Crippen MR) is 107 cm³/mol. The van der Waals surface area contributed by atoms with Gasteiger partial charge in [-0.05, 0) is 36.1 Å². The maximum absolute atomic E-state index is 10.3. The molecule has 1 aliphatic carbocycles. The second-order valence-electron chi connectivity index (χ2n) is 6.57. The summed E-state index contributed by atoms with van der Waals surface area (Å²) in [6.45, 7) is 1.13. The third-order valence-corrected chi connectivity index (χ3v) is 4.62. The average Bonchev–Trinajstić information content (AvgIpc) is 3.17. The molecule has 2 aromatic rings. The van der Waals surface area contributed by atoms with E-state index in [2.05, 4.69) is 27.8 Å². The van der Waals surface area contributed by atoms with Gasteiger partial charge in [-0.2, -0.15) is 0 Å². The number of phenolic OH excluding ortho intramolecular Hbond substituents is 1. The molecule has 0 aromatic heterocycles. The molecule has 26 heavy (non-hydrogen) atoms. The molecule has 0 atom stereocenters. The highest BCUT2D eigenvalue weighted by molar-refractivity contribution is 5.96. The highest BCUT2D eigenvalue weighted by Crippen LogP contribution is 2.30. The van der Waals surface area contributed by atoms with Crippen LogP contribution in [0.25, 0.3) is 11.1 Å². The lowest BCUT2D eigenvalue weighted by molar-refractivity contribution is 0.208. The molecule has 0 saturated heterocycles. The molecule has 0 amide bonds. The van der Waals surface area contributed by atoms with Crippen LogP contribution >= 0.6 is 0 Å². The fraction of sp³-hybridized carbons (Fsp3) is 0.381. The van der Waals surface area contributed by atoms with E-state index in [0.29, 0.717) is 30.8 Å². The first kappa shape index (κ1) is 18.3. The minimum absolute atomic E-state index is 0.206. The van der Waals surface area contributed by atoms with Crippen molar-refractivity contribution >= 4 is 11.6 Å². The smallest absolute Gasteiger partial charge is 0.196 e. The molecule has 0 bridgehead atoms. The Morgan fingerprint density at radius 2 is 1.88 bits per heavy atom. The molecule has 1 aliphatic rings. The summed E-state index contributed by atoms with van der Waals surface area (Å²) in [6, 6.07) is 16.1. The summed E-state index contributed by atoms with van der Waals surface area (Å²) in [5.74, 6) is 0.895. The number of benzene rings is 2. The van der Waals surface area contributed by atoms with Crippen molar-refractivity contribution in [3.63, 3.8) is 0 Å². The molecule has 3 rings (SSSR count). The van der Waals surface area contributed by atoms with E-state index >= 15 is 0 Å². The molecule has 1 fully saturated rings. The lowest BCUT2D eigenvalue weighted by Gasteiger charge is -2.18. The molecular weight excluding hydrogens is 326 g/mol. The summed E-state index contributed by atoms with van der Waals surface area (Å²) in [7, 11) is 1.67. The Balaban J connectivity index is 1.79. The number of nitrogens with zero attached hydrogens (tertiary/aromatic N) is 1. The van der Waals surface area contributed by atoms with Gasteiger partial charge in [0.2, 0.25) is 0 Å². The summed E-state index contributed by atoms with van der Waals surface area (Å²) < 4.78 is 5.10. The van der Waals surface area contributed by atoms with Crippen molar-refractivity contribution in [2.75, 3.05) is 25.6 Å². The van der Waals surface area contributed by atoms with E-state index in [0.717, 1.165) is 24.0 Å². The van der Waals surface area contributed by atoms with Gasteiger partial charge in [0.05, 0.1) is 18.8 Å². The first-order valence-electron chi connectivity index (χ1n) is 9.21. The van der Waals surface area contributed by atoms with Crippen LogP contribution in [0, 0.1) is 0 Å². The number of phenols is 1. The Labute approximate surface area is 155 Å². The summed E-state index contributed by atoms with van der Waals surface area (Å²) >= 11 is 0. The molecule has 0 radical (unpaired) electrons. The molecule has 0 heterocycles. The second-order valence-corrected chi connectivity index (χ2v) is 6.57. The van der Waals surface area contributed by atoms with Gasteiger partial charge in [-0.15, -0.1) is 0 Å². The zero-order valence-electron chi connectivity index (χ0n) is 15.2. The van der Waals surface area contributed by atoms with Crippen molar-refractivity contribution in [1.29, 1.82) is 0 Å². The average molecular weight is 353 g/mol. The van der Waals surface area contributed by atoms with Gasteiger partial charge >= 0.3 is 0 Å². The SMILES string of the molecule is COCCN=C(Nc1cc(-c2ccccc2)ccc1O)NC1CCCC1. The Morgan fingerprint density at radius 1 is 1.12 bits per heavy atom. The monoisotopic (exact) mass is 353 g/mol. The predicted octanol–water partition coefficient (Wildman–Crippen LogP) is 4.01. The number of guanidine groups is 1. The zero-order chi connectivity index (χ0) is 18.2. The molecule has 3 N–H and O–H groups in total. The third kappa shape index (κ3) is 4.99. The van der Waals surface area contributed by atoms with Crippen molar-refractivity contribution in [1.82, 2.24) is 5.32 Å². The minimum Gasteiger partial charge on any atom is -0.506 e. The number of hydrogen-bond acceptors (Lipinski definition) is 3. The molecule has 0 aliphatic heterocycles. The second kappa shape index (κ2) is 9.25. The van der Waals surface area contributed by atoms with Crippen LogP contribution in [-0.4, -0.2) is 37.4 Å². The van der Waals surface area contributed by atoms with E-state index in [1.165, 1.54) is 12.8 Å². The van der Waals surface area contributed by atoms with Gasteiger partial charge in [0.25, 0.3) is 0 Å². The molecule has 138 valence electrons. The largest absolute Gasteiger partial charge is 0.506 e. The number of aliphatic imine (C=N–C) groups is 1. The number of anilines is 1. The molecule has 1 saturated carbocycles. The Bertz CT molecular complexity index is 725. The molecule has 0 spiro atoms. The van der Waals surface area contributed by atoms with Crippen LogP contribution in [0.5, 0.6) is 5.75 Å². The highest BCUT2D eigenvalue weighted by atomic mass is 16.5. The van der Waals surface area contributed by atoms with Crippen LogP contribution in [-0.2, 0) is 4.74 Å². The topological polar surface area (TPSA) is 65.9 Å². The number of aromatic hydroxyl groups is 1. The van der Waals surface area contributed by atoms with Crippen LogP contribution in [0.15, 0.2) is 53.5 Å². The van der Waals surface area contributed by atoms with Gasteiger partial charge in [0.15, 0.2) is 5.96 Å². The number of ether oxygens (including phenoxy) is 1. The van der Waals surface area contributed by atoms with Crippen molar-refractivity contribution in [2.24, 2.45) is 4.99 Å². The van der Waals surface area contributed by atoms with E-state index in [4.69, 9.17) is 4.74 Å². The Hall–Kier alpha value is -2.53. The number of nitrogens with one attached hydrogen (secondary N) is 2. The van der Waals surface area contributed by atoms with Crippen LogP contribution < -0.4 is 10.6 Å². The molecule has 5 nitrogen and oxygen atoms in total. The van der Waals surface area contributed by atoms with Gasteiger partial charge < -0.3 is 20.5 Å². The molecule has 0 unspecified atom stereocenters. The Morgan fingerprint density at radius 3 is 2.62 bits per heavy atom. The van der Waals surface area contributed by atoms with E-state index < -0.39 is 0 Å². The van der Waals surface area contributed by atoms with Gasteiger partial charge in [0, 0.05) is 13.2 Å². The normalized spacial score (nSPS) is 15.2. The van der Waals surface area contributed by atoms with Crippen LogP contribution in [0.3, 0.4) is 0 Å². The van der Waals surface area contributed by atoms with Crippen molar-refractivity contribution in [2.45, 2.75) is 31.7 Å². The zero-order valence-corrected chi connectivity index (χ0v) is 15.2. The lowest BCUT2D eigenvalue weighted by Crippen LogP contribution is -2.38. The summed E-state index contributed by atoms with van der Waals surface area (Å²) in [4.78, 5) is 4.57. The number of rotatable bonds is 6. The van der Waals surface area contributed by atoms with E-state index in [1.807, 2.05) is 30.3 Å². The van der Waals surface area contributed by atoms with Crippen molar-refractivity contribution < 1.29 is 9.84 Å². The number of hydrogen-bond donors (Lipinski definition) is 3. The number of methoxy groups -OCH3 is 1. The van der Waals surface area contributed by atoms with E-state index in [9.17, 15) is 5.11 Å². The van der Waals surface area contributed by atoms with Gasteiger partial charge in [-0.25, -0.2) is 0 Å². The van der Waals surface area contributed by atoms with Gasteiger partial charge in [-0.3, -0.25) is 4.99 Å². The maximum Gasteiger partial charge on any atom is 0.196 e. The molecule has 5 heteroatoms. The van der Waals surface area contributed by atoms with Crippen molar-refractivity contribution in [3.8, 4) is 16.9 Å². The standard InChI is InChI=1S/C21H27N3O2/c1-26-14-13-22-21(23-18-9-5-6-10-18)24-19-15-17(11-12-20(19)25)16-7-3-2-4-8-16/h2-4,7-8,11-12,15,18,25H,5-6,9-10,13-14H2,1H3,(H2,22,23,24). The quantitative estimate of drug-likeness (QED) is 0.318. The summed E-state index contributed by atoms with van der Waals surface area (Å²) in [5, 5.41) is 17.1. The minimum atomic E-state index is 0.206. The first-order valence-corrected chi connectivity index (χ1v) is 9.21. The maximum atomic E-state index is 10.3. The van der Waals surface area contributed by atoms with E-state index in [-0.39, 0.29) is 5.75 Å². The molecular formula is C21H27N3O2. The van der Waals surface area contributed by atoms with Crippen molar-refractivity contribution in [3.05, 3.63) is 48.5 Å². The lowest BCUT2D eigenvalue weighted by atomic mass is 10.0. The summed E-state index contributed by atoms with van der Waals surface area (Å²) in [5.41, 5.74) is 2.80. The fourth-order valence-corrected chi connectivity index (χ4v) is 3.21. The van der Waals surface area contributed by atoms with E-state index in [1.54, 1.807) is 13.2 Å². The van der Waals surface area contributed by atoms with Crippen LogP contribution in [0.2, 0.25) is 0 Å². The van der Waals surface area contributed by atoms with Crippen LogP contribution in [0.4, 0.5) is 5.69 Å². The third-order valence-electron chi connectivity index (χ3n) is 4.62. The highest BCUT2D eigenvalue weighted by Gasteiger charge is 2.17. The Kier molecular flexibility index (Phi) is 6.50. The summed E-state index contributed by atoms with van der Waals surface area (Å²) in [6.07, 6.45) is 4.80. The van der Waals surface area contributed by atoms with Gasteiger partial charge in [-0.1, -0.05) is 49.2 Å². The molecule has 2 aromatic carbocycles. The van der Waals surface area contributed by atoms with Crippen LogP contribution in [0.1, 0.15) is 25.7 Å². The fourth-order valence-electron chi connectivity index (χ4n) is 3.21. The van der Waals surface area contributed by atoms with Gasteiger partial charge in [0.1, 0.15) is 5.75 Å². The first-order chi connectivity index (χ1) is 12.8.